The van der Waals surface area contributed by atoms with Crippen LogP contribution in [0.2, 0.25) is 0 Å². The van der Waals surface area contributed by atoms with Crippen LogP contribution in [-0.4, -0.2) is 44.8 Å². The molecule has 0 heterocycles. The van der Waals surface area contributed by atoms with E-state index in [1.54, 1.807) is 6.08 Å². The van der Waals surface area contributed by atoms with Crippen molar-refractivity contribution in [3.63, 3.8) is 0 Å². The Hall–Kier alpha value is -0.800. The van der Waals surface area contributed by atoms with Crippen LogP contribution in [0.25, 0.3) is 0 Å². The molecule has 0 saturated heterocycles. The number of hydrogen-bond donors (Lipinski definition) is 1. The van der Waals surface area contributed by atoms with E-state index in [4.69, 9.17) is 4.74 Å². The van der Waals surface area contributed by atoms with Crippen LogP contribution in [0.5, 0.6) is 0 Å². The van der Waals surface area contributed by atoms with E-state index in [1.165, 1.54) is 0 Å². The van der Waals surface area contributed by atoms with Crippen LogP contribution in [0.1, 0.15) is 27.2 Å². The van der Waals surface area contributed by atoms with Crippen LogP contribution in [0, 0.1) is 5.92 Å². The van der Waals surface area contributed by atoms with Crippen molar-refractivity contribution in [3.8, 4) is 0 Å². The van der Waals surface area contributed by atoms with E-state index in [9.17, 15) is 0 Å². The summed E-state index contributed by atoms with van der Waals surface area (Å²) in [6, 6.07) is 0.363. The number of allylic oxidation sites excluding steroid dienone is 3. The molecule has 0 aliphatic heterocycles. The average Bonchev–Trinajstić information content (AvgIpc) is 2.25. The highest BCUT2D eigenvalue weighted by Gasteiger charge is 2.09. The van der Waals surface area contributed by atoms with Crippen LogP contribution in [-0.2, 0) is 4.74 Å². The standard InChI is InChI=1S/C15H30N2O/c1-7-8-14(4)16-15(9-10-17(5)6)12-18-11-13(2)3/h7-8,13,15-16H,1,9-12H2,2-6H3/b14-8+/t15-/m1/s1. The van der Waals surface area contributed by atoms with Gasteiger partial charge < -0.3 is 15.0 Å². The Kier molecular flexibility index (Phi) is 9.70. The molecular weight excluding hydrogens is 224 g/mol. The predicted molar refractivity (Wildman–Crippen MR) is 79.7 cm³/mol. The van der Waals surface area contributed by atoms with Gasteiger partial charge in [0.1, 0.15) is 0 Å². The summed E-state index contributed by atoms with van der Waals surface area (Å²) in [6.45, 7) is 12.8. The van der Waals surface area contributed by atoms with Crippen molar-refractivity contribution >= 4 is 0 Å². The van der Waals surface area contributed by atoms with Crippen molar-refractivity contribution in [2.75, 3.05) is 33.9 Å². The Morgan fingerprint density at radius 3 is 2.50 bits per heavy atom. The lowest BCUT2D eigenvalue weighted by molar-refractivity contribution is 0.0886. The highest BCUT2D eigenvalue weighted by molar-refractivity contribution is 5.06. The van der Waals surface area contributed by atoms with Gasteiger partial charge in [-0.1, -0.05) is 26.5 Å². The maximum atomic E-state index is 5.73. The molecule has 0 radical (unpaired) electrons. The molecule has 0 aromatic rings. The molecular formula is C15H30N2O. The average molecular weight is 254 g/mol. The van der Waals surface area contributed by atoms with Crippen molar-refractivity contribution in [1.82, 2.24) is 10.2 Å². The molecule has 0 aliphatic carbocycles. The van der Waals surface area contributed by atoms with Crippen molar-refractivity contribution < 1.29 is 4.74 Å². The van der Waals surface area contributed by atoms with Crippen LogP contribution in [0.4, 0.5) is 0 Å². The number of hydrogen-bond acceptors (Lipinski definition) is 3. The second-order valence-electron chi connectivity index (χ2n) is 5.45. The first-order valence-electron chi connectivity index (χ1n) is 6.74. The summed E-state index contributed by atoms with van der Waals surface area (Å²) in [5, 5.41) is 3.49. The molecule has 18 heavy (non-hydrogen) atoms. The summed E-state index contributed by atoms with van der Waals surface area (Å²) >= 11 is 0. The molecule has 0 rings (SSSR count). The first-order chi connectivity index (χ1) is 8.45. The topological polar surface area (TPSA) is 24.5 Å². The molecule has 0 aromatic heterocycles. The van der Waals surface area contributed by atoms with E-state index in [-0.39, 0.29) is 0 Å². The van der Waals surface area contributed by atoms with Crippen molar-refractivity contribution in [1.29, 1.82) is 0 Å². The fourth-order valence-corrected chi connectivity index (χ4v) is 1.60. The van der Waals surface area contributed by atoms with Crippen molar-refractivity contribution in [2.24, 2.45) is 5.92 Å². The smallest absolute Gasteiger partial charge is 0.0668 e. The van der Waals surface area contributed by atoms with E-state index in [1.807, 2.05) is 6.08 Å². The van der Waals surface area contributed by atoms with Gasteiger partial charge in [-0.2, -0.15) is 0 Å². The van der Waals surface area contributed by atoms with E-state index in [0.29, 0.717) is 12.0 Å². The Balaban J connectivity index is 4.15. The fourth-order valence-electron chi connectivity index (χ4n) is 1.60. The minimum Gasteiger partial charge on any atom is -0.383 e. The Morgan fingerprint density at radius 2 is 2.00 bits per heavy atom. The largest absolute Gasteiger partial charge is 0.383 e. The van der Waals surface area contributed by atoms with Gasteiger partial charge in [-0.3, -0.25) is 0 Å². The molecule has 0 fully saturated rings. The van der Waals surface area contributed by atoms with E-state index < -0.39 is 0 Å². The maximum Gasteiger partial charge on any atom is 0.0668 e. The number of rotatable bonds is 10. The first kappa shape index (κ1) is 17.2. The zero-order valence-corrected chi connectivity index (χ0v) is 12.7. The minimum absolute atomic E-state index is 0.363. The van der Waals surface area contributed by atoms with Crippen molar-refractivity contribution in [2.45, 2.75) is 33.2 Å². The molecule has 0 bridgehead atoms. The molecule has 106 valence electrons. The lowest BCUT2D eigenvalue weighted by Crippen LogP contribution is -2.35. The van der Waals surface area contributed by atoms with Gasteiger partial charge in [0.15, 0.2) is 0 Å². The van der Waals surface area contributed by atoms with Gasteiger partial charge >= 0.3 is 0 Å². The Morgan fingerprint density at radius 1 is 1.33 bits per heavy atom. The molecule has 0 saturated carbocycles. The highest BCUT2D eigenvalue weighted by atomic mass is 16.5. The third-order valence-electron chi connectivity index (χ3n) is 2.49. The Bertz CT molecular complexity index is 247. The fraction of sp³-hybridized carbons (Fsp3) is 0.733. The number of nitrogens with zero attached hydrogens (tertiary/aromatic N) is 1. The second-order valence-corrected chi connectivity index (χ2v) is 5.45. The molecule has 3 heteroatoms. The quantitative estimate of drug-likeness (QED) is 0.607. The van der Waals surface area contributed by atoms with Crippen LogP contribution < -0.4 is 5.32 Å². The summed E-state index contributed by atoms with van der Waals surface area (Å²) in [5.74, 6) is 0.587. The molecule has 3 nitrogen and oxygen atoms in total. The van der Waals surface area contributed by atoms with Gasteiger partial charge in [0.25, 0.3) is 0 Å². The van der Waals surface area contributed by atoms with Gasteiger partial charge in [0.05, 0.1) is 12.6 Å². The van der Waals surface area contributed by atoms with Crippen LogP contribution in [0.3, 0.4) is 0 Å². The molecule has 0 amide bonds. The third kappa shape index (κ3) is 10.4. The van der Waals surface area contributed by atoms with Gasteiger partial charge in [-0.25, -0.2) is 0 Å². The number of nitrogens with one attached hydrogen (secondary N) is 1. The molecule has 0 spiro atoms. The summed E-state index contributed by atoms with van der Waals surface area (Å²) in [7, 11) is 4.19. The van der Waals surface area contributed by atoms with Crippen LogP contribution >= 0.6 is 0 Å². The normalized spacial score (nSPS) is 14.1. The lowest BCUT2D eigenvalue weighted by Gasteiger charge is -2.22. The SMILES string of the molecule is C=C/C=C(\C)N[C@H](CCN(C)C)COCC(C)C. The van der Waals surface area contributed by atoms with E-state index >= 15 is 0 Å². The highest BCUT2D eigenvalue weighted by Crippen LogP contribution is 2.01. The molecule has 1 N–H and O–H groups in total. The first-order valence-corrected chi connectivity index (χ1v) is 6.74. The zero-order valence-electron chi connectivity index (χ0n) is 12.7. The van der Waals surface area contributed by atoms with E-state index in [0.717, 1.165) is 31.9 Å². The molecule has 1 atom stereocenters. The summed E-state index contributed by atoms with van der Waals surface area (Å²) < 4.78 is 5.73. The Labute approximate surface area is 113 Å². The minimum atomic E-state index is 0.363. The summed E-state index contributed by atoms with van der Waals surface area (Å²) in [5.41, 5.74) is 1.14. The van der Waals surface area contributed by atoms with Crippen LogP contribution in [0.15, 0.2) is 24.4 Å². The van der Waals surface area contributed by atoms with Gasteiger partial charge in [-0.05, 0) is 46.0 Å². The lowest BCUT2D eigenvalue weighted by atomic mass is 10.2. The molecule has 0 aliphatic rings. The summed E-state index contributed by atoms with van der Waals surface area (Å²) in [4.78, 5) is 2.20. The van der Waals surface area contributed by atoms with Gasteiger partial charge in [0.2, 0.25) is 0 Å². The summed E-state index contributed by atoms with van der Waals surface area (Å²) in [6.07, 6.45) is 4.87. The van der Waals surface area contributed by atoms with E-state index in [2.05, 4.69) is 51.7 Å². The monoisotopic (exact) mass is 254 g/mol. The third-order valence-corrected chi connectivity index (χ3v) is 2.49. The second kappa shape index (κ2) is 10.2. The molecule has 0 unspecified atom stereocenters. The molecule has 0 aromatic carbocycles. The van der Waals surface area contributed by atoms with Gasteiger partial charge in [-0.15, -0.1) is 0 Å². The maximum absolute atomic E-state index is 5.73. The number of ether oxygens (including phenoxy) is 1. The van der Waals surface area contributed by atoms with Gasteiger partial charge in [0, 0.05) is 12.3 Å². The van der Waals surface area contributed by atoms with Crippen molar-refractivity contribution in [3.05, 3.63) is 24.4 Å². The predicted octanol–water partition coefficient (Wildman–Crippen LogP) is 2.66. The zero-order chi connectivity index (χ0) is 14.0.